The SMILES string of the molecule is COCCNC(=O)c1cccc(/C=C/C(=O)c2c(O)c3cccnc3[nH]c2=O)c1. The number of hydrogen-bond acceptors (Lipinski definition) is 6. The van der Waals surface area contributed by atoms with Crippen LogP contribution in [0.15, 0.2) is 53.5 Å². The van der Waals surface area contributed by atoms with Gasteiger partial charge in [0.2, 0.25) is 0 Å². The van der Waals surface area contributed by atoms with Gasteiger partial charge in [-0.1, -0.05) is 18.2 Å². The first-order chi connectivity index (χ1) is 14.0. The monoisotopic (exact) mass is 393 g/mol. The number of hydrogen-bond donors (Lipinski definition) is 3. The number of ketones is 1. The van der Waals surface area contributed by atoms with E-state index >= 15 is 0 Å². The third kappa shape index (κ3) is 4.56. The number of H-pyrrole nitrogens is 1. The summed E-state index contributed by atoms with van der Waals surface area (Å²) < 4.78 is 4.89. The topological polar surface area (TPSA) is 121 Å². The second-order valence-electron chi connectivity index (χ2n) is 6.15. The Morgan fingerprint density at radius 3 is 2.90 bits per heavy atom. The Morgan fingerprint density at radius 2 is 2.10 bits per heavy atom. The number of aromatic hydroxyl groups is 1. The number of allylic oxidation sites excluding steroid dienone is 1. The van der Waals surface area contributed by atoms with Crippen LogP contribution in [-0.2, 0) is 4.74 Å². The smallest absolute Gasteiger partial charge is 0.264 e. The van der Waals surface area contributed by atoms with Gasteiger partial charge in [0.25, 0.3) is 11.5 Å². The van der Waals surface area contributed by atoms with Crippen LogP contribution in [0.3, 0.4) is 0 Å². The van der Waals surface area contributed by atoms with Crippen molar-refractivity contribution in [2.24, 2.45) is 0 Å². The van der Waals surface area contributed by atoms with Crippen molar-refractivity contribution in [2.45, 2.75) is 0 Å². The van der Waals surface area contributed by atoms with Crippen LogP contribution in [-0.4, -0.2) is 47.0 Å². The number of amides is 1. The van der Waals surface area contributed by atoms with Crippen molar-refractivity contribution in [3.63, 3.8) is 0 Å². The number of carbonyl (C=O) groups is 2. The summed E-state index contributed by atoms with van der Waals surface area (Å²) in [5, 5.41) is 13.3. The molecule has 3 aromatic rings. The molecule has 148 valence electrons. The molecule has 3 N–H and O–H groups in total. The van der Waals surface area contributed by atoms with Crippen molar-refractivity contribution in [3.8, 4) is 5.75 Å². The van der Waals surface area contributed by atoms with Gasteiger partial charge in [-0.15, -0.1) is 0 Å². The summed E-state index contributed by atoms with van der Waals surface area (Å²) in [7, 11) is 1.55. The Bertz CT molecular complexity index is 1150. The van der Waals surface area contributed by atoms with E-state index in [-0.39, 0.29) is 22.5 Å². The number of methoxy groups -OCH3 is 1. The highest BCUT2D eigenvalue weighted by Gasteiger charge is 2.17. The second-order valence-corrected chi connectivity index (χ2v) is 6.15. The molecular weight excluding hydrogens is 374 g/mol. The lowest BCUT2D eigenvalue weighted by molar-refractivity contribution is 0.0936. The van der Waals surface area contributed by atoms with Crippen LogP contribution in [0.4, 0.5) is 0 Å². The van der Waals surface area contributed by atoms with Crippen molar-refractivity contribution in [1.82, 2.24) is 15.3 Å². The van der Waals surface area contributed by atoms with Crippen LogP contribution in [0.5, 0.6) is 5.75 Å². The number of nitrogens with zero attached hydrogens (tertiary/aromatic N) is 1. The quantitative estimate of drug-likeness (QED) is 0.320. The van der Waals surface area contributed by atoms with Gasteiger partial charge >= 0.3 is 0 Å². The number of nitrogens with one attached hydrogen (secondary N) is 2. The molecule has 0 fully saturated rings. The van der Waals surface area contributed by atoms with Crippen molar-refractivity contribution < 1.29 is 19.4 Å². The number of carbonyl (C=O) groups excluding carboxylic acids is 2. The highest BCUT2D eigenvalue weighted by Crippen LogP contribution is 2.23. The molecule has 0 atom stereocenters. The molecule has 0 aliphatic rings. The van der Waals surface area contributed by atoms with Crippen molar-refractivity contribution in [3.05, 3.63) is 75.7 Å². The van der Waals surface area contributed by atoms with E-state index in [1.165, 1.54) is 18.3 Å². The molecule has 1 aromatic carbocycles. The van der Waals surface area contributed by atoms with Crippen molar-refractivity contribution in [1.29, 1.82) is 0 Å². The van der Waals surface area contributed by atoms with Crippen LogP contribution >= 0.6 is 0 Å². The number of aromatic amines is 1. The molecule has 0 unspecified atom stereocenters. The average Bonchev–Trinajstić information content (AvgIpc) is 2.72. The maximum atomic E-state index is 12.5. The summed E-state index contributed by atoms with van der Waals surface area (Å²) in [5.74, 6) is -1.35. The van der Waals surface area contributed by atoms with Gasteiger partial charge in [-0.2, -0.15) is 0 Å². The van der Waals surface area contributed by atoms with E-state index in [4.69, 9.17) is 4.74 Å². The standard InChI is InChI=1S/C21H19N3O5/c1-29-11-10-23-20(27)14-5-2-4-13(12-14)7-8-16(25)17-18(26)15-6-3-9-22-19(15)24-21(17)28/h2-9,12H,10-11H2,1H3,(H,23,27)(H2,22,24,26,28)/b8-7+. The maximum Gasteiger partial charge on any atom is 0.264 e. The zero-order chi connectivity index (χ0) is 20.8. The third-order valence-electron chi connectivity index (χ3n) is 4.17. The lowest BCUT2D eigenvalue weighted by Crippen LogP contribution is -2.26. The Labute approximate surface area is 165 Å². The fraction of sp³-hybridized carbons (Fsp3) is 0.143. The van der Waals surface area contributed by atoms with Gasteiger partial charge < -0.3 is 20.1 Å². The zero-order valence-electron chi connectivity index (χ0n) is 15.6. The highest BCUT2D eigenvalue weighted by atomic mass is 16.5. The van der Waals surface area contributed by atoms with E-state index in [2.05, 4.69) is 15.3 Å². The number of benzene rings is 1. The number of fused-ring (bicyclic) bond motifs is 1. The van der Waals surface area contributed by atoms with Crippen LogP contribution < -0.4 is 10.9 Å². The molecule has 29 heavy (non-hydrogen) atoms. The molecule has 8 heteroatoms. The number of aromatic nitrogens is 2. The largest absolute Gasteiger partial charge is 0.506 e. The van der Waals surface area contributed by atoms with Crippen LogP contribution in [0.2, 0.25) is 0 Å². The zero-order valence-corrected chi connectivity index (χ0v) is 15.6. The predicted octanol–water partition coefficient (Wildman–Crippen LogP) is 1.90. The lowest BCUT2D eigenvalue weighted by Gasteiger charge is -2.05. The fourth-order valence-electron chi connectivity index (χ4n) is 2.74. The van der Waals surface area contributed by atoms with Gasteiger partial charge in [-0.3, -0.25) is 14.4 Å². The summed E-state index contributed by atoms with van der Waals surface area (Å²) in [6, 6.07) is 9.80. The molecule has 0 aliphatic heterocycles. The molecule has 0 bridgehead atoms. The molecule has 0 saturated carbocycles. The molecule has 8 nitrogen and oxygen atoms in total. The van der Waals surface area contributed by atoms with Crippen LogP contribution in [0.25, 0.3) is 17.1 Å². The number of ether oxygens (including phenoxy) is 1. The Morgan fingerprint density at radius 1 is 1.28 bits per heavy atom. The predicted molar refractivity (Wildman–Crippen MR) is 108 cm³/mol. The Kier molecular flexibility index (Phi) is 6.16. The maximum absolute atomic E-state index is 12.5. The average molecular weight is 393 g/mol. The van der Waals surface area contributed by atoms with Gasteiger partial charge in [0.1, 0.15) is 17.0 Å². The molecule has 2 aromatic heterocycles. The van der Waals surface area contributed by atoms with Gasteiger partial charge in [-0.05, 0) is 35.9 Å². The molecule has 3 rings (SSSR count). The minimum atomic E-state index is -0.727. The Hall–Kier alpha value is -3.78. The molecule has 0 saturated heterocycles. The molecule has 0 radical (unpaired) electrons. The van der Waals surface area contributed by atoms with Crippen molar-refractivity contribution >= 4 is 28.8 Å². The first-order valence-electron chi connectivity index (χ1n) is 8.81. The third-order valence-corrected chi connectivity index (χ3v) is 4.17. The fourth-order valence-corrected chi connectivity index (χ4v) is 2.74. The number of rotatable bonds is 7. The normalized spacial score (nSPS) is 11.1. The lowest BCUT2D eigenvalue weighted by atomic mass is 10.1. The van der Waals surface area contributed by atoms with E-state index in [0.29, 0.717) is 24.3 Å². The highest BCUT2D eigenvalue weighted by molar-refractivity contribution is 6.10. The molecule has 0 aliphatic carbocycles. The van der Waals surface area contributed by atoms with E-state index < -0.39 is 17.1 Å². The summed E-state index contributed by atoms with van der Waals surface area (Å²) in [6.45, 7) is 0.784. The minimum absolute atomic E-state index is 0.197. The first-order valence-corrected chi connectivity index (χ1v) is 8.81. The summed E-state index contributed by atoms with van der Waals surface area (Å²) in [6.07, 6.45) is 4.12. The van der Waals surface area contributed by atoms with E-state index in [1.807, 2.05) is 0 Å². The Balaban J connectivity index is 1.83. The van der Waals surface area contributed by atoms with Crippen LogP contribution in [0.1, 0.15) is 26.3 Å². The molecule has 0 spiro atoms. The summed E-state index contributed by atoms with van der Waals surface area (Å²) in [5.41, 5.74) is 0.122. The van der Waals surface area contributed by atoms with Crippen LogP contribution in [0, 0.1) is 0 Å². The first kappa shape index (κ1) is 20.0. The summed E-state index contributed by atoms with van der Waals surface area (Å²) >= 11 is 0. The van der Waals surface area contributed by atoms with E-state index in [9.17, 15) is 19.5 Å². The minimum Gasteiger partial charge on any atom is -0.506 e. The second kappa shape index (κ2) is 8.94. The van der Waals surface area contributed by atoms with Gasteiger partial charge in [0.15, 0.2) is 5.78 Å². The molecule has 2 heterocycles. The van der Waals surface area contributed by atoms with E-state index in [1.54, 1.807) is 43.5 Å². The van der Waals surface area contributed by atoms with E-state index in [0.717, 1.165) is 0 Å². The van der Waals surface area contributed by atoms with Gasteiger partial charge in [-0.25, -0.2) is 4.98 Å². The van der Waals surface area contributed by atoms with Crippen molar-refractivity contribution in [2.75, 3.05) is 20.3 Å². The number of pyridine rings is 2. The summed E-state index contributed by atoms with van der Waals surface area (Å²) in [4.78, 5) is 43.3. The van der Waals surface area contributed by atoms with Gasteiger partial charge in [0, 0.05) is 25.4 Å². The molecular formula is C21H19N3O5. The van der Waals surface area contributed by atoms with Gasteiger partial charge in [0.05, 0.1) is 12.0 Å². The molecule has 1 amide bonds.